The lowest BCUT2D eigenvalue weighted by Crippen LogP contribution is -2.34. The summed E-state index contributed by atoms with van der Waals surface area (Å²) in [6, 6.07) is 5.23. The number of aryl methyl sites for hydroxylation is 1. The lowest BCUT2D eigenvalue weighted by Gasteiger charge is -2.17. The maximum absolute atomic E-state index is 11.3. The van der Waals surface area contributed by atoms with E-state index in [9.17, 15) is 9.90 Å². The van der Waals surface area contributed by atoms with Gasteiger partial charge in [0, 0.05) is 13.0 Å². The fraction of sp³-hybridized carbons (Fsp3) is 0.385. The molecule has 1 fully saturated rings. The highest BCUT2D eigenvalue weighted by Gasteiger charge is 2.35. The number of para-hydroxylation sites is 1. The van der Waals surface area contributed by atoms with Crippen molar-refractivity contribution in [3.8, 4) is 0 Å². The van der Waals surface area contributed by atoms with E-state index in [-0.39, 0.29) is 5.92 Å². The van der Waals surface area contributed by atoms with E-state index in [1.165, 1.54) is 0 Å². The van der Waals surface area contributed by atoms with Gasteiger partial charge in [-0.1, -0.05) is 12.1 Å². The van der Waals surface area contributed by atoms with Crippen molar-refractivity contribution in [1.29, 1.82) is 0 Å². The van der Waals surface area contributed by atoms with E-state index in [0.717, 1.165) is 23.0 Å². The molecule has 2 heterocycles. The lowest BCUT2D eigenvalue weighted by atomic mass is 9.91. The molecule has 100 valence electrons. The first-order valence-corrected chi connectivity index (χ1v) is 6.26. The molecule has 1 aliphatic rings. The Hall–Kier alpha value is -2.08. The van der Waals surface area contributed by atoms with Crippen LogP contribution < -0.4 is 11.1 Å². The van der Waals surface area contributed by atoms with Crippen LogP contribution in [0.2, 0.25) is 0 Å². The second-order valence-electron chi connectivity index (χ2n) is 4.91. The smallest absolute Gasteiger partial charge is 0.321 e. The van der Waals surface area contributed by atoms with Gasteiger partial charge in [0.05, 0.1) is 11.0 Å². The molecule has 0 amide bonds. The van der Waals surface area contributed by atoms with Crippen molar-refractivity contribution in [2.75, 3.05) is 12.3 Å². The Balaban J connectivity index is 2.17. The number of aliphatic carboxylic acids is 1. The fourth-order valence-electron chi connectivity index (χ4n) is 2.91. The highest BCUT2D eigenvalue weighted by molar-refractivity contribution is 5.84. The van der Waals surface area contributed by atoms with Gasteiger partial charge < -0.3 is 20.7 Å². The molecule has 4 N–H and O–H groups in total. The number of benzene rings is 1. The van der Waals surface area contributed by atoms with Crippen LogP contribution in [0.1, 0.15) is 17.9 Å². The number of carboxylic acid groups (broad SMARTS) is 1. The number of nitrogens with two attached hydrogens (primary N) is 1. The molecule has 1 aromatic carbocycles. The fourth-order valence-corrected chi connectivity index (χ4v) is 2.91. The van der Waals surface area contributed by atoms with Crippen molar-refractivity contribution in [2.45, 2.75) is 18.4 Å². The minimum absolute atomic E-state index is 0.0454. The van der Waals surface area contributed by atoms with Crippen LogP contribution in [-0.2, 0) is 11.8 Å². The number of fused-ring (bicyclic) bond motifs is 1. The van der Waals surface area contributed by atoms with Crippen molar-refractivity contribution in [3.63, 3.8) is 0 Å². The summed E-state index contributed by atoms with van der Waals surface area (Å²) in [5, 5.41) is 12.3. The predicted molar refractivity (Wildman–Crippen MR) is 71.9 cm³/mol. The molecule has 1 aliphatic heterocycles. The number of hydrogen-bond acceptors (Lipinski definition) is 4. The molecule has 1 saturated heterocycles. The number of nitrogen functional groups attached to an aromatic ring is 1. The summed E-state index contributed by atoms with van der Waals surface area (Å²) in [4.78, 5) is 15.6. The molecule has 1 unspecified atom stereocenters. The molecule has 2 aromatic rings. The average Bonchev–Trinajstić information content (AvgIpc) is 2.96. The van der Waals surface area contributed by atoms with E-state index in [0.29, 0.717) is 12.5 Å². The quantitative estimate of drug-likeness (QED) is 0.738. The van der Waals surface area contributed by atoms with Crippen molar-refractivity contribution in [3.05, 3.63) is 23.8 Å². The van der Waals surface area contributed by atoms with Crippen LogP contribution in [0.3, 0.4) is 0 Å². The first kappa shape index (κ1) is 12.0. The Labute approximate surface area is 110 Å². The van der Waals surface area contributed by atoms with Gasteiger partial charge in [0.1, 0.15) is 6.04 Å². The SMILES string of the molecule is Cn1c(N)nc2cccc(C3CCN[C@@H]3C(=O)O)c21. The molecule has 1 aromatic heterocycles. The Morgan fingerprint density at radius 1 is 1.58 bits per heavy atom. The van der Waals surface area contributed by atoms with Gasteiger partial charge in [-0.2, -0.15) is 0 Å². The van der Waals surface area contributed by atoms with Crippen LogP contribution in [-0.4, -0.2) is 33.2 Å². The van der Waals surface area contributed by atoms with E-state index in [1.807, 2.05) is 29.8 Å². The molecule has 0 saturated carbocycles. The van der Waals surface area contributed by atoms with Crippen molar-refractivity contribution < 1.29 is 9.90 Å². The van der Waals surface area contributed by atoms with E-state index < -0.39 is 12.0 Å². The minimum atomic E-state index is -0.811. The highest BCUT2D eigenvalue weighted by Crippen LogP contribution is 2.33. The van der Waals surface area contributed by atoms with Crippen molar-refractivity contribution in [2.24, 2.45) is 7.05 Å². The minimum Gasteiger partial charge on any atom is -0.480 e. The summed E-state index contributed by atoms with van der Waals surface area (Å²) in [5.74, 6) is -0.411. The average molecular weight is 260 g/mol. The second-order valence-corrected chi connectivity index (χ2v) is 4.91. The third-order valence-electron chi connectivity index (χ3n) is 3.85. The molecule has 2 atom stereocenters. The maximum atomic E-state index is 11.3. The van der Waals surface area contributed by atoms with Crippen LogP contribution in [0.5, 0.6) is 0 Å². The van der Waals surface area contributed by atoms with Gasteiger partial charge in [-0.05, 0) is 24.6 Å². The molecule has 0 bridgehead atoms. The number of nitrogens with zero attached hydrogens (tertiary/aromatic N) is 2. The number of anilines is 1. The summed E-state index contributed by atoms with van der Waals surface area (Å²) in [7, 11) is 1.85. The number of hydrogen-bond donors (Lipinski definition) is 3. The summed E-state index contributed by atoms with van der Waals surface area (Å²) in [6.45, 7) is 0.714. The Morgan fingerprint density at radius 2 is 2.37 bits per heavy atom. The summed E-state index contributed by atoms with van der Waals surface area (Å²) in [6.07, 6.45) is 0.807. The van der Waals surface area contributed by atoms with Crippen LogP contribution in [0.15, 0.2) is 18.2 Å². The lowest BCUT2D eigenvalue weighted by molar-refractivity contribution is -0.139. The summed E-state index contributed by atoms with van der Waals surface area (Å²) < 4.78 is 1.82. The molecule has 6 nitrogen and oxygen atoms in total. The first-order valence-electron chi connectivity index (χ1n) is 6.26. The summed E-state index contributed by atoms with van der Waals surface area (Å²) in [5.41, 5.74) is 8.58. The van der Waals surface area contributed by atoms with Gasteiger partial charge in [-0.3, -0.25) is 4.79 Å². The van der Waals surface area contributed by atoms with Crippen LogP contribution >= 0.6 is 0 Å². The molecule has 3 rings (SSSR count). The topological polar surface area (TPSA) is 93.2 Å². The van der Waals surface area contributed by atoms with Gasteiger partial charge in [-0.15, -0.1) is 0 Å². The largest absolute Gasteiger partial charge is 0.480 e. The number of nitrogens with one attached hydrogen (secondary N) is 1. The van der Waals surface area contributed by atoms with Crippen LogP contribution in [0.25, 0.3) is 11.0 Å². The normalized spacial score (nSPS) is 23.0. The monoisotopic (exact) mass is 260 g/mol. The van der Waals surface area contributed by atoms with Gasteiger partial charge >= 0.3 is 5.97 Å². The first-order chi connectivity index (χ1) is 9.09. The number of rotatable bonds is 2. The maximum Gasteiger partial charge on any atom is 0.321 e. The van der Waals surface area contributed by atoms with Crippen molar-refractivity contribution in [1.82, 2.24) is 14.9 Å². The van der Waals surface area contributed by atoms with Gasteiger partial charge in [-0.25, -0.2) is 4.98 Å². The number of carboxylic acids is 1. The van der Waals surface area contributed by atoms with Gasteiger partial charge in [0.25, 0.3) is 0 Å². The highest BCUT2D eigenvalue weighted by atomic mass is 16.4. The summed E-state index contributed by atoms with van der Waals surface area (Å²) >= 11 is 0. The third-order valence-corrected chi connectivity index (χ3v) is 3.85. The second kappa shape index (κ2) is 4.24. The van der Waals surface area contributed by atoms with E-state index in [2.05, 4.69) is 10.3 Å². The standard InChI is InChI=1S/C13H16N4O2/c1-17-11-8(3-2-4-9(11)16-13(17)14)7-5-6-15-10(7)12(18)19/h2-4,7,10,15H,5-6H2,1H3,(H2,14,16)(H,18,19)/t7?,10-/m0/s1. The van der Waals surface area contributed by atoms with E-state index >= 15 is 0 Å². The Kier molecular flexibility index (Phi) is 2.67. The molecule has 6 heteroatoms. The van der Waals surface area contributed by atoms with E-state index in [4.69, 9.17) is 5.73 Å². The van der Waals surface area contributed by atoms with Crippen LogP contribution in [0, 0.1) is 0 Å². The van der Waals surface area contributed by atoms with Gasteiger partial charge in [0.15, 0.2) is 0 Å². The Bertz CT molecular complexity index is 649. The molecular formula is C13H16N4O2. The molecule has 0 spiro atoms. The number of carbonyl (C=O) groups is 1. The Morgan fingerprint density at radius 3 is 3.11 bits per heavy atom. The van der Waals surface area contributed by atoms with Gasteiger partial charge in [0.2, 0.25) is 5.95 Å². The molecule has 0 aliphatic carbocycles. The zero-order valence-corrected chi connectivity index (χ0v) is 10.6. The third kappa shape index (κ3) is 1.76. The van der Waals surface area contributed by atoms with Crippen LogP contribution in [0.4, 0.5) is 5.95 Å². The zero-order chi connectivity index (χ0) is 13.6. The molecule has 19 heavy (non-hydrogen) atoms. The number of imidazole rings is 1. The number of aromatic nitrogens is 2. The predicted octanol–water partition coefficient (Wildman–Crippen LogP) is 0.686. The molecule has 0 radical (unpaired) electrons. The molecular weight excluding hydrogens is 244 g/mol. The van der Waals surface area contributed by atoms with Crippen molar-refractivity contribution >= 4 is 23.0 Å². The zero-order valence-electron chi connectivity index (χ0n) is 10.6. The van der Waals surface area contributed by atoms with E-state index in [1.54, 1.807) is 0 Å².